The summed E-state index contributed by atoms with van der Waals surface area (Å²) in [6.07, 6.45) is 16.2. The Morgan fingerprint density at radius 2 is 1.64 bits per heavy atom. The van der Waals surface area contributed by atoms with Crippen LogP contribution in [0, 0.1) is 62.6 Å². The van der Waals surface area contributed by atoms with E-state index in [9.17, 15) is 14.7 Å². The van der Waals surface area contributed by atoms with Gasteiger partial charge in [-0.05, 0) is 122 Å². The van der Waals surface area contributed by atoms with Gasteiger partial charge in [-0.15, -0.1) is 0 Å². The quantitative estimate of drug-likeness (QED) is 0.193. The van der Waals surface area contributed by atoms with Crippen molar-refractivity contribution in [3.8, 4) is 0 Å². The largest absolute Gasteiger partial charge is 0.464 e. The molecule has 6 aliphatic rings. The van der Waals surface area contributed by atoms with Crippen molar-refractivity contribution in [1.29, 1.82) is 0 Å². The van der Waals surface area contributed by atoms with Crippen LogP contribution in [0.4, 0.5) is 0 Å². The molecule has 1 N–H and O–H groups in total. The number of rotatable bonds is 9. The molecule has 0 bridgehead atoms. The molecule has 0 radical (unpaired) electrons. The highest BCUT2D eigenvalue weighted by Crippen LogP contribution is 2.75. The highest BCUT2D eigenvalue weighted by molar-refractivity contribution is 5.79. The van der Waals surface area contributed by atoms with Gasteiger partial charge in [-0.25, -0.2) is 0 Å². The summed E-state index contributed by atoms with van der Waals surface area (Å²) in [5, 5.41) is 11.1. The Hall–Kier alpha value is -1.40. The second-order valence-electron chi connectivity index (χ2n) is 19.7. The van der Waals surface area contributed by atoms with Gasteiger partial charge in [0, 0.05) is 38.6 Å². The Balaban J connectivity index is 1.15. The molecule has 5 fully saturated rings. The zero-order valence-electron chi connectivity index (χ0n) is 33.6. The van der Waals surface area contributed by atoms with Gasteiger partial charge in [-0.2, -0.15) is 0 Å². The van der Waals surface area contributed by atoms with E-state index in [4.69, 9.17) is 4.74 Å². The number of amides is 1. The first-order chi connectivity index (χ1) is 23.6. The third kappa shape index (κ3) is 5.95. The first kappa shape index (κ1) is 38.3. The average Bonchev–Trinajstić information content (AvgIpc) is 3.09. The summed E-state index contributed by atoms with van der Waals surface area (Å²) < 4.78 is 6.35. The molecule has 6 nitrogen and oxygen atoms in total. The zero-order chi connectivity index (χ0) is 36.3. The van der Waals surface area contributed by atoms with Crippen LogP contribution in [0.3, 0.4) is 0 Å². The van der Waals surface area contributed by atoms with Crippen LogP contribution >= 0.6 is 0 Å². The lowest BCUT2D eigenvalue weighted by Gasteiger charge is -2.71. The Labute approximate surface area is 305 Å². The number of carbonyl (C=O) groups is 2. The molecular formula is C44H74N2O4. The number of esters is 1. The zero-order valence-corrected chi connectivity index (χ0v) is 33.6. The lowest BCUT2D eigenvalue weighted by Crippen LogP contribution is -2.65. The van der Waals surface area contributed by atoms with Crippen LogP contribution in [0.5, 0.6) is 0 Å². The first-order valence-electron chi connectivity index (χ1n) is 21.2. The van der Waals surface area contributed by atoms with Crippen LogP contribution in [0.25, 0.3) is 0 Å². The smallest absolute Gasteiger partial charge is 0.312 e. The minimum absolute atomic E-state index is 0.0462. The molecule has 0 spiro atoms. The monoisotopic (exact) mass is 695 g/mol. The molecule has 11 atom stereocenters. The number of fused-ring (bicyclic) bond motifs is 7. The van der Waals surface area contributed by atoms with Crippen LogP contribution in [-0.4, -0.2) is 72.2 Å². The van der Waals surface area contributed by atoms with Gasteiger partial charge in [-0.3, -0.25) is 14.5 Å². The number of aliphatic hydroxyl groups excluding tert-OH is 1. The Kier molecular flexibility index (Phi) is 10.8. The summed E-state index contributed by atoms with van der Waals surface area (Å²) in [6.45, 7) is 26.1. The fourth-order valence-electron chi connectivity index (χ4n) is 13.6. The van der Waals surface area contributed by atoms with Crippen LogP contribution in [0.15, 0.2) is 11.6 Å². The van der Waals surface area contributed by atoms with E-state index in [1.807, 2.05) is 0 Å². The predicted octanol–water partition coefficient (Wildman–Crippen LogP) is 8.91. The van der Waals surface area contributed by atoms with E-state index in [0.29, 0.717) is 36.2 Å². The summed E-state index contributed by atoms with van der Waals surface area (Å²) in [7, 11) is 0. The van der Waals surface area contributed by atoms with Crippen LogP contribution in [0.2, 0.25) is 0 Å². The molecule has 5 aliphatic carbocycles. The highest BCUT2D eigenvalue weighted by atomic mass is 16.5. The number of aliphatic hydroxyl groups is 1. The average molecular weight is 695 g/mol. The number of unbranched alkanes of at least 4 members (excludes halogenated alkanes) is 1. The lowest BCUT2D eigenvalue weighted by atomic mass is 9.33. The van der Waals surface area contributed by atoms with E-state index in [0.717, 1.165) is 103 Å². The van der Waals surface area contributed by atoms with E-state index in [2.05, 4.69) is 78.2 Å². The fraction of sp³-hybridized carbons (Fsp3) is 0.909. The molecule has 1 saturated heterocycles. The van der Waals surface area contributed by atoms with Gasteiger partial charge in [-0.1, -0.05) is 86.8 Å². The summed E-state index contributed by atoms with van der Waals surface area (Å²) in [5.41, 5.74) is 1.63. The topological polar surface area (TPSA) is 70.1 Å². The van der Waals surface area contributed by atoms with E-state index in [1.54, 1.807) is 5.57 Å². The summed E-state index contributed by atoms with van der Waals surface area (Å²) >= 11 is 0. The molecule has 1 amide bonds. The minimum Gasteiger partial charge on any atom is -0.464 e. The Morgan fingerprint density at radius 1 is 0.920 bits per heavy atom. The summed E-state index contributed by atoms with van der Waals surface area (Å²) in [6, 6.07) is 0. The van der Waals surface area contributed by atoms with Crippen molar-refractivity contribution in [3.05, 3.63) is 11.6 Å². The van der Waals surface area contributed by atoms with Crippen molar-refractivity contribution in [1.82, 2.24) is 9.80 Å². The van der Waals surface area contributed by atoms with Crippen molar-refractivity contribution in [2.24, 2.45) is 62.6 Å². The predicted molar refractivity (Wildman–Crippen MR) is 202 cm³/mol. The Morgan fingerprint density at radius 3 is 2.32 bits per heavy atom. The maximum atomic E-state index is 14.5. The molecule has 0 aromatic carbocycles. The van der Waals surface area contributed by atoms with E-state index < -0.39 is 5.41 Å². The number of ether oxygens (including phenoxy) is 1. The highest BCUT2D eigenvalue weighted by Gasteiger charge is 2.69. The molecule has 284 valence electrons. The van der Waals surface area contributed by atoms with Gasteiger partial charge in [0.25, 0.3) is 0 Å². The van der Waals surface area contributed by atoms with E-state index >= 15 is 0 Å². The van der Waals surface area contributed by atoms with Gasteiger partial charge in [0.15, 0.2) is 0 Å². The van der Waals surface area contributed by atoms with Crippen molar-refractivity contribution < 1.29 is 19.4 Å². The molecule has 1 aliphatic heterocycles. The fourth-order valence-corrected chi connectivity index (χ4v) is 13.6. The molecule has 1 unspecified atom stereocenters. The number of allylic oxidation sites excluding steroid dienone is 2. The minimum atomic E-state index is -0.419. The molecule has 1 heterocycles. The molecule has 0 aromatic rings. The van der Waals surface area contributed by atoms with Gasteiger partial charge in [0.1, 0.15) is 6.61 Å². The summed E-state index contributed by atoms with van der Waals surface area (Å²) in [5.74, 6) is 3.00. The van der Waals surface area contributed by atoms with Crippen molar-refractivity contribution in [3.63, 3.8) is 0 Å². The van der Waals surface area contributed by atoms with Gasteiger partial charge in [0.2, 0.25) is 5.91 Å². The van der Waals surface area contributed by atoms with Crippen molar-refractivity contribution in [2.75, 3.05) is 39.3 Å². The van der Waals surface area contributed by atoms with Crippen LogP contribution in [-0.2, 0) is 14.3 Å². The molecule has 50 heavy (non-hydrogen) atoms. The van der Waals surface area contributed by atoms with Crippen LogP contribution < -0.4 is 0 Å². The normalized spacial score (nSPS) is 43.4. The first-order valence-corrected chi connectivity index (χ1v) is 21.2. The standard InChI is InChI=1S/C44H74N2O4/c1-10-12-13-32(11-2)38(48)46-26-24-45(25-27-46)28-29-50-39(49)44-21-16-30(3)31(4)37(44)33-14-15-35-41(7)19-18-36(47)40(5,6)34(41)17-20-43(35,9)42(33,8)22-23-44/h14,30-32,34-37,47H,10-13,15-29H2,1-9H3/t30-,31+,32?,34+,35-,36+,37+,41+,42-,43-,44+/m1/s1. The third-order valence-electron chi connectivity index (χ3n) is 17.4. The molecule has 6 rings (SSSR count). The van der Waals surface area contributed by atoms with E-state index in [-0.39, 0.29) is 45.6 Å². The molecule has 4 saturated carbocycles. The van der Waals surface area contributed by atoms with Crippen molar-refractivity contribution >= 4 is 11.9 Å². The number of carbonyl (C=O) groups excluding carboxylic acids is 2. The maximum Gasteiger partial charge on any atom is 0.312 e. The Bertz CT molecular complexity index is 1290. The molecule has 0 aromatic heterocycles. The second-order valence-corrected chi connectivity index (χ2v) is 19.7. The van der Waals surface area contributed by atoms with Gasteiger partial charge in [0.05, 0.1) is 11.5 Å². The SMILES string of the molecule is CCCCC(CC)C(=O)N1CCN(CCOC(=O)[C@]23CC[C@@H](C)[C@H](C)[C@H]2C2=CC[C@@H]4[C@@]5(C)CC[C@H](O)C(C)(C)[C@@H]5CC[C@@]4(C)[C@]2(C)CC3)CC1. The van der Waals surface area contributed by atoms with E-state index in [1.165, 1.54) is 12.8 Å². The number of hydrogen-bond acceptors (Lipinski definition) is 5. The number of piperazine rings is 1. The maximum absolute atomic E-state index is 14.5. The van der Waals surface area contributed by atoms with Gasteiger partial charge >= 0.3 is 5.97 Å². The molecular weight excluding hydrogens is 620 g/mol. The van der Waals surface area contributed by atoms with Gasteiger partial charge < -0.3 is 14.7 Å². The van der Waals surface area contributed by atoms with Crippen LogP contribution in [0.1, 0.15) is 146 Å². The number of nitrogens with zero attached hydrogens (tertiary/aromatic N) is 2. The lowest BCUT2D eigenvalue weighted by molar-refractivity contribution is -0.207. The molecule has 6 heteroatoms. The van der Waals surface area contributed by atoms with Crippen molar-refractivity contribution in [2.45, 2.75) is 152 Å². The third-order valence-corrected chi connectivity index (χ3v) is 17.4. The summed E-state index contributed by atoms with van der Waals surface area (Å²) in [4.78, 5) is 32.1. The second kappa shape index (κ2) is 14.1. The number of hydrogen-bond donors (Lipinski definition) is 1.